The fourth-order valence-electron chi connectivity index (χ4n) is 3.18. The van der Waals surface area contributed by atoms with E-state index in [1.165, 1.54) is 19.0 Å². The van der Waals surface area contributed by atoms with Crippen molar-refractivity contribution >= 4 is 17.5 Å². The highest BCUT2D eigenvalue weighted by Gasteiger charge is 2.37. The molecule has 1 aromatic heterocycles. The van der Waals surface area contributed by atoms with Crippen molar-refractivity contribution in [1.82, 2.24) is 9.88 Å². The fourth-order valence-corrected chi connectivity index (χ4v) is 3.18. The third-order valence-corrected chi connectivity index (χ3v) is 4.79. The van der Waals surface area contributed by atoms with E-state index < -0.39 is 10.9 Å². The molecule has 24 heavy (non-hydrogen) atoms. The number of pyridine rings is 1. The highest BCUT2D eigenvalue weighted by Crippen LogP contribution is 2.34. The first-order valence-electron chi connectivity index (χ1n) is 8.25. The molecule has 2 N–H and O–H groups in total. The van der Waals surface area contributed by atoms with Crippen LogP contribution in [0.3, 0.4) is 0 Å². The highest BCUT2D eigenvalue weighted by molar-refractivity contribution is 5.69. The summed E-state index contributed by atoms with van der Waals surface area (Å²) in [6.07, 6.45) is 5.43. The molecule has 0 amide bonds. The number of aromatic nitrogens is 1. The van der Waals surface area contributed by atoms with E-state index in [0.29, 0.717) is 23.3 Å². The number of anilines is 1. The second-order valence-corrected chi connectivity index (χ2v) is 6.85. The van der Waals surface area contributed by atoms with E-state index in [1.54, 1.807) is 13.0 Å². The zero-order valence-corrected chi connectivity index (χ0v) is 13.6. The van der Waals surface area contributed by atoms with Gasteiger partial charge in [0.15, 0.2) is 0 Å². The molecule has 0 aliphatic heterocycles. The van der Waals surface area contributed by atoms with E-state index in [1.807, 2.05) is 0 Å². The summed E-state index contributed by atoms with van der Waals surface area (Å²) in [5.41, 5.74) is 0.596. The largest absolute Gasteiger partial charge is 0.480 e. The zero-order valence-electron chi connectivity index (χ0n) is 13.6. The standard InChI is InChI=1S/C16H22N4O4/c1-10-4-15(17-7-14(10)20(23)24)18-12-5-13(6-12)19(9-16(21)22)8-11-2-3-11/h4,7,11-13H,2-3,5-6,8-9H2,1H3,(H,17,18)(H,21,22). The first-order chi connectivity index (χ1) is 11.4. The molecule has 1 heterocycles. The number of carboxylic acid groups (broad SMARTS) is 1. The molecule has 0 unspecified atom stereocenters. The van der Waals surface area contributed by atoms with Crippen LogP contribution >= 0.6 is 0 Å². The molecule has 3 rings (SSSR count). The van der Waals surface area contributed by atoms with Gasteiger partial charge in [-0.2, -0.15) is 0 Å². The second-order valence-electron chi connectivity index (χ2n) is 6.85. The van der Waals surface area contributed by atoms with Crippen molar-refractivity contribution < 1.29 is 14.8 Å². The van der Waals surface area contributed by atoms with E-state index in [9.17, 15) is 14.9 Å². The summed E-state index contributed by atoms with van der Waals surface area (Å²) in [7, 11) is 0. The molecule has 0 aromatic carbocycles. The van der Waals surface area contributed by atoms with Gasteiger partial charge in [-0.25, -0.2) is 4.98 Å². The topological polar surface area (TPSA) is 109 Å². The average Bonchev–Trinajstić information content (AvgIpc) is 3.24. The van der Waals surface area contributed by atoms with Gasteiger partial charge in [-0.05, 0) is 44.6 Å². The Labute approximate surface area is 140 Å². The zero-order chi connectivity index (χ0) is 17.3. The van der Waals surface area contributed by atoms with Crippen molar-refractivity contribution in [3.05, 3.63) is 27.9 Å². The lowest BCUT2D eigenvalue weighted by Gasteiger charge is -2.43. The van der Waals surface area contributed by atoms with Crippen molar-refractivity contribution in [2.24, 2.45) is 5.92 Å². The number of hydrogen-bond acceptors (Lipinski definition) is 6. The molecule has 2 aliphatic rings. The lowest BCUT2D eigenvalue weighted by molar-refractivity contribution is -0.385. The smallest absolute Gasteiger partial charge is 0.317 e. The number of nitrogens with one attached hydrogen (secondary N) is 1. The summed E-state index contributed by atoms with van der Waals surface area (Å²) < 4.78 is 0. The van der Waals surface area contributed by atoms with E-state index in [0.717, 1.165) is 19.4 Å². The average molecular weight is 334 g/mol. The summed E-state index contributed by atoms with van der Waals surface area (Å²) in [5, 5.41) is 23.2. The Balaban J connectivity index is 1.53. The van der Waals surface area contributed by atoms with Gasteiger partial charge in [0.25, 0.3) is 5.69 Å². The highest BCUT2D eigenvalue weighted by atomic mass is 16.6. The Kier molecular flexibility index (Phi) is 4.66. The molecule has 2 fully saturated rings. The van der Waals surface area contributed by atoms with Crippen LogP contribution < -0.4 is 5.32 Å². The summed E-state index contributed by atoms with van der Waals surface area (Å²) >= 11 is 0. The van der Waals surface area contributed by atoms with Gasteiger partial charge in [0.1, 0.15) is 12.0 Å². The molecule has 2 saturated carbocycles. The Morgan fingerprint density at radius 1 is 1.50 bits per heavy atom. The van der Waals surface area contributed by atoms with Crippen LogP contribution in [-0.2, 0) is 4.79 Å². The normalized spacial score (nSPS) is 22.9. The molecular formula is C16H22N4O4. The van der Waals surface area contributed by atoms with Gasteiger partial charge >= 0.3 is 5.97 Å². The lowest BCUT2D eigenvalue weighted by Crippen LogP contribution is -2.52. The van der Waals surface area contributed by atoms with Crippen molar-refractivity contribution in [3.63, 3.8) is 0 Å². The molecule has 1 aromatic rings. The van der Waals surface area contributed by atoms with Crippen molar-refractivity contribution in [3.8, 4) is 0 Å². The number of carboxylic acids is 1. The predicted octanol–water partition coefficient (Wildman–Crippen LogP) is 2.04. The minimum Gasteiger partial charge on any atom is -0.480 e. The quantitative estimate of drug-likeness (QED) is 0.553. The third kappa shape index (κ3) is 4.00. The monoisotopic (exact) mass is 334 g/mol. The number of nitrogens with zero attached hydrogens (tertiary/aromatic N) is 3. The van der Waals surface area contributed by atoms with Gasteiger partial charge < -0.3 is 10.4 Å². The molecule has 8 nitrogen and oxygen atoms in total. The molecule has 0 saturated heterocycles. The first-order valence-corrected chi connectivity index (χ1v) is 8.25. The SMILES string of the molecule is Cc1cc(NC2CC(N(CC(=O)O)CC3CC3)C2)ncc1[N+](=O)[O-]. The molecule has 2 aliphatic carbocycles. The van der Waals surface area contributed by atoms with Crippen LogP contribution in [0, 0.1) is 23.0 Å². The minimum absolute atomic E-state index is 0.0177. The van der Waals surface area contributed by atoms with Crippen LogP contribution in [0.2, 0.25) is 0 Å². The molecule has 8 heteroatoms. The lowest BCUT2D eigenvalue weighted by atomic mass is 9.85. The molecule has 0 radical (unpaired) electrons. The molecule has 0 spiro atoms. The van der Waals surface area contributed by atoms with Crippen LogP contribution in [0.5, 0.6) is 0 Å². The van der Waals surface area contributed by atoms with Crippen LogP contribution in [0.1, 0.15) is 31.2 Å². The van der Waals surface area contributed by atoms with Crippen molar-refractivity contribution in [2.45, 2.75) is 44.7 Å². The van der Waals surface area contributed by atoms with E-state index >= 15 is 0 Å². The molecular weight excluding hydrogens is 312 g/mol. The van der Waals surface area contributed by atoms with Gasteiger partial charge in [0, 0.05) is 24.2 Å². The Bertz CT molecular complexity index is 641. The number of carbonyl (C=O) groups is 1. The van der Waals surface area contributed by atoms with Crippen LogP contribution in [-0.4, -0.2) is 51.1 Å². The second kappa shape index (κ2) is 6.72. The first kappa shape index (κ1) is 16.6. The van der Waals surface area contributed by atoms with Gasteiger partial charge in [-0.1, -0.05) is 0 Å². The van der Waals surface area contributed by atoms with Crippen LogP contribution in [0.4, 0.5) is 11.5 Å². The van der Waals surface area contributed by atoms with Crippen LogP contribution in [0.25, 0.3) is 0 Å². The van der Waals surface area contributed by atoms with Gasteiger partial charge in [0.05, 0.1) is 11.5 Å². The summed E-state index contributed by atoms with van der Waals surface area (Å²) in [6.45, 7) is 2.67. The Hall–Kier alpha value is -2.22. The van der Waals surface area contributed by atoms with Gasteiger partial charge in [-0.15, -0.1) is 0 Å². The summed E-state index contributed by atoms with van der Waals surface area (Å²) in [5.74, 6) is 0.517. The minimum atomic E-state index is -0.778. The Morgan fingerprint density at radius 2 is 2.21 bits per heavy atom. The number of aliphatic carboxylic acids is 1. The van der Waals surface area contributed by atoms with Gasteiger partial charge in [0.2, 0.25) is 0 Å². The number of hydrogen-bond donors (Lipinski definition) is 2. The van der Waals surface area contributed by atoms with E-state index in [-0.39, 0.29) is 18.3 Å². The van der Waals surface area contributed by atoms with E-state index in [4.69, 9.17) is 5.11 Å². The van der Waals surface area contributed by atoms with Crippen molar-refractivity contribution in [2.75, 3.05) is 18.4 Å². The summed E-state index contributed by atoms with van der Waals surface area (Å²) in [4.78, 5) is 27.6. The molecule has 0 bridgehead atoms. The maximum Gasteiger partial charge on any atom is 0.317 e. The maximum absolute atomic E-state index is 11.0. The van der Waals surface area contributed by atoms with Crippen molar-refractivity contribution in [1.29, 1.82) is 0 Å². The van der Waals surface area contributed by atoms with E-state index in [2.05, 4.69) is 15.2 Å². The fraction of sp³-hybridized carbons (Fsp3) is 0.625. The van der Waals surface area contributed by atoms with Crippen LogP contribution in [0.15, 0.2) is 12.3 Å². The molecule has 130 valence electrons. The third-order valence-electron chi connectivity index (χ3n) is 4.79. The van der Waals surface area contributed by atoms with Gasteiger partial charge in [-0.3, -0.25) is 19.8 Å². The summed E-state index contributed by atoms with van der Waals surface area (Å²) in [6, 6.07) is 2.21. The number of nitro groups is 1. The Morgan fingerprint density at radius 3 is 2.75 bits per heavy atom. The number of rotatable bonds is 8. The maximum atomic E-state index is 11.0. The number of aryl methyl sites for hydroxylation is 1. The predicted molar refractivity (Wildman–Crippen MR) is 88.0 cm³/mol. The molecule has 0 atom stereocenters.